The number of amides is 1. The van der Waals surface area contributed by atoms with Crippen molar-refractivity contribution in [1.82, 2.24) is 0 Å². The standard InChI is InChI=1S/C21H33NO9/c1-18(23)22-19-2-4-20(5-3-19)31-17-16-30-15-14-29-13-12-28-11-10-27-9-8-26-7-6-21(24)25/h2-5H,6-17H2,1H3,(H,22,23)(H,24,25). The number of hydrogen-bond acceptors (Lipinski definition) is 8. The highest BCUT2D eigenvalue weighted by Gasteiger charge is 1.98. The molecule has 1 amide bonds. The molecule has 0 heterocycles. The molecule has 1 rings (SSSR count). The molecule has 0 saturated heterocycles. The summed E-state index contributed by atoms with van der Waals surface area (Å²) in [6.07, 6.45) is -0.00155. The number of carboxylic acids is 1. The van der Waals surface area contributed by atoms with Crippen molar-refractivity contribution in [2.24, 2.45) is 0 Å². The Morgan fingerprint density at radius 3 is 1.55 bits per heavy atom. The second-order valence-corrected chi connectivity index (χ2v) is 6.26. The molecule has 10 heteroatoms. The minimum absolute atomic E-state index is 0.00155. The highest BCUT2D eigenvalue weighted by Crippen LogP contribution is 2.15. The van der Waals surface area contributed by atoms with Gasteiger partial charge in [-0.1, -0.05) is 0 Å². The van der Waals surface area contributed by atoms with Crippen molar-refractivity contribution >= 4 is 17.6 Å². The van der Waals surface area contributed by atoms with Gasteiger partial charge in [0.15, 0.2) is 0 Å². The highest BCUT2D eigenvalue weighted by molar-refractivity contribution is 5.88. The fourth-order valence-corrected chi connectivity index (χ4v) is 2.20. The number of hydrogen-bond donors (Lipinski definition) is 2. The Morgan fingerprint density at radius 1 is 0.710 bits per heavy atom. The van der Waals surface area contributed by atoms with Crippen LogP contribution in [-0.2, 0) is 33.3 Å². The lowest BCUT2D eigenvalue weighted by atomic mass is 10.3. The van der Waals surface area contributed by atoms with Crippen LogP contribution in [0.25, 0.3) is 0 Å². The molecule has 176 valence electrons. The Kier molecular flexibility index (Phi) is 16.0. The van der Waals surface area contributed by atoms with E-state index in [9.17, 15) is 9.59 Å². The van der Waals surface area contributed by atoms with Gasteiger partial charge in [0.05, 0.1) is 72.5 Å². The SMILES string of the molecule is CC(=O)Nc1ccc(OCCOCCOCCOCCOCCOCCC(=O)O)cc1. The third-order valence-electron chi connectivity index (χ3n) is 3.62. The minimum Gasteiger partial charge on any atom is -0.491 e. The molecule has 0 aliphatic heterocycles. The Morgan fingerprint density at radius 2 is 1.13 bits per heavy atom. The molecule has 1 aromatic rings. The van der Waals surface area contributed by atoms with Crippen LogP contribution in [0.5, 0.6) is 5.75 Å². The van der Waals surface area contributed by atoms with Crippen LogP contribution >= 0.6 is 0 Å². The molecule has 0 saturated carbocycles. The second-order valence-electron chi connectivity index (χ2n) is 6.26. The molecule has 0 radical (unpaired) electrons. The maximum atomic E-state index is 11.0. The minimum atomic E-state index is -0.875. The number of nitrogens with one attached hydrogen (secondary N) is 1. The van der Waals surface area contributed by atoms with Gasteiger partial charge in [0.2, 0.25) is 5.91 Å². The lowest BCUT2D eigenvalue weighted by Crippen LogP contribution is -2.14. The van der Waals surface area contributed by atoms with Gasteiger partial charge in [-0.05, 0) is 24.3 Å². The van der Waals surface area contributed by atoms with Crippen LogP contribution in [-0.4, -0.2) is 89.7 Å². The van der Waals surface area contributed by atoms with E-state index in [-0.39, 0.29) is 18.9 Å². The molecule has 0 aliphatic rings. The first-order valence-corrected chi connectivity index (χ1v) is 10.2. The van der Waals surface area contributed by atoms with Gasteiger partial charge in [-0.3, -0.25) is 9.59 Å². The fraction of sp³-hybridized carbons (Fsp3) is 0.619. The Labute approximate surface area is 182 Å². The van der Waals surface area contributed by atoms with Crippen molar-refractivity contribution in [2.75, 3.05) is 78.0 Å². The zero-order valence-corrected chi connectivity index (χ0v) is 18.0. The van der Waals surface area contributed by atoms with E-state index in [4.69, 9.17) is 33.5 Å². The van der Waals surface area contributed by atoms with Gasteiger partial charge in [-0.25, -0.2) is 0 Å². The lowest BCUT2D eigenvalue weighted by Gasteiger charge is -2.09. The molecule has 0 aromatic heterocycles. The topological polar surface area (TPSA) is 122 Å². The number of ether oxygens (including phenoxy) is 6. The average Bonchev–Trinajstić information content (AvgIpc) is 2.73. The summed E-state index contributed by atoms with van der Waals surface area (Å²) in [6.45, 7) is 6.08. The Balaban J connectivity index is 1.79. The van der Waals surface area contributed by atoms with E-state index in [1.807, 2.05) is 0 Å². The molecule has 0 aliphatic carbocycles. The van der Waals surface area contributed by atoms with Crippen LogP contribution in [0.3, 0.4) is 0 Å². The van der Waals surface area contributed by atoms with Crippen molar-refractivity contribution < 1.29 is 43.1 Å². The molecule has 0 atom stereocenters. The Hall–Kier alpha value is -2.24. The highest BCUT2D eigenvalue weighted by atomic mass is 16.6. The van der Waals surface area contributed by atoms with Gasteiger partial charge in [-0.2, -0.15) is 0 Å². The molecule has 10 nitrogen and oxygen atoms in total. The predicted octanol–water partition coefficient (Wildman–Crippen LogP) is 1.58. The number of carbonyl (C=O) groups excluding carboxylic acids is 1. The smallest absolute Gasteiger partial charge is 0.305 e. The monoisotopic (exact) mass is 443 g/mol. The van der Waals surface area contributed by atoms with Crippen molar-refractivity contribution in [3.05, 3.63) is 24.3 Å². The quantitative estimate of drug-likeness (QED) is 0.289. The summed E-state index contributed by atoms with van der Waals surface area (Å²) in [5.41, 5.74) is 0.726. The molecule has 2 N–H and O–H groups in total. The van der Waals surface area contributed by atoms with Gasteiger partial charge >= 0.3 is 5.97 Å². The van der Waals surface area contributed by atoms with Crippen molar-refractivity contribution in [3.8, 4) is 5.75 Å². The molecule has 0 fully saturated rings. The third kappa shape index (κ3) is 17.2. The molecule has 1 aromatic carbocycles. The summed E-state index contributed by atoms with van der Waals surface area (Å²) in [5, 5.41) is 11.1. The van der Waals surface area contributed by atoms with E-state index < -0.39 is 5.97 Å². The van der Waals surface area contributed by atoms with E-state index >= 15 is 0 Å². The summed E-state index contributed by atoms with van der Waals surface area (Å²) < 4.78 is 32.1. The van der Waals surface area contributed by atoms with E-state index in [1.54, 1.807) is 24.3 Å². The average molecular weight is 443 g/mol. The molecular formula is C21H33NO9. The summed E-state index contributed by atoms with van der Waals surface area (Å²) in [6, 6.07) is 7.13. The van der Waals surface area contributed by atoms with Gasteiger partial charge in [0.25, 0.3) is 0 Å². The first-order valence-electron chi connectivity index (χ1n) is 10.2. The number of benzene rings is 1. The first-order chi connectivity index (χ1) is 15.1. The van der Waals surface area contributed by atoms with E-state index in [2.05, 4.69) is 5.32 Å². The van der Waals surface area contributed by atoms with Crippen LogP contribution in [0.1, 0.15) is 13.3 Å². The maximum Gasteiger partial charge on any atom is 0.305 e. The number of rotatable bonds is 20. The second kappa shape index (κ2) is 18.5. The third-order valence-corrected chi connectivity index (χ3v) is 3.62. The lowest BCUT2D eigenvalue weighted by molar-refractivity contribution is -0.138. The van der Waals surface area contributed by atoms with Crippen molar-refractivity contribution in [3.63, 3.8) is 0 Å². The summed E-state index contributed by atoms with van der Waals surface area (Å²) in [5.74, 6) is -0.278. The normalized spacial score (nSPS) is 10.7. The molecule has 0 unspecified atom stereocenters. The van der Waals surface area contributed by atoms with Crippen LogP contribution in [0.15, 0.2) is 24.3 Å². The van der Waals surface area contributed by atoms with E-state index in [1.165, 1.54) is 6.92 Å². The van der Waals surface area contributed by atoms with Gasteiger partial charge < -0.3 is 38.8 Å². The Bertz CT molecular complexity index is 595. The van der Waals surface area contributed by atoms with E-state index in [0.29, 0.717) is 71.8 Å². The van der Waals surface area contributed by atoms with Crippen molar-refractivity contribution in [1.29, 1.82) is 0 Å². The van der Waals surface area contributed by atoms with Crippen LogP contribution in [0, 0.1) is 0 Å². The van der Waals surface area contributed by atoms with Crippen molar-refractivity contribution in [2.45, 2.75) is 13.3 Å². The van der Waals surface area contributed by atoms with E-state index in [0.717, 1.165) is 5.69 Å². The number of anilines is 1. The molecule has 0 spiro atoms. The van der Waals surface area contributed by atoms with Crippen LogP contribution < -0.4 is 10.1 Å². The molecule has 0 bridgehead atoms. The molecule has 31 heavy (non-hydrogen) atoms. The summed E-state index contributed by atoms with van der Waals surface area (Å²) >= 11 is 0. The predicted molar refractivity (Wildman–Crippen MR) is 113 cm³/mol. The largest absolute Gasteiger partial charge is 0.491 e. The molecular weight excluding hydrogens is 410 g/mol. The zero-order valence-electron chi connectivity index (χ0n) is 18.0. The van der Waals surface area contributed by atoms with Gasteiger partial charge in [-0.15, -0.1) is 0 Å². The maximum absolute atomic E-state index is 11.0. The summed E-state index contributed by atoms with van der Waals surface area (Å²) in [7, 11) is 0. The van der Waals surface area contributed by atoms with Crippen LogP contribution in [0.4, 0.5) is 5.69 Å². The zero-order chi connectivity index (χ0) is 22.6. The van der Waals surface area contributed by atoms with Crippen LogP contribution in [0.2, 0.25) is 0 Å². The number of carbonyl (C=O) groups is 2. The number of carboxylic acid groups (broad SMARTS) is 1. The van der Waals surface area contributed by atoms with Gasteiger partial charge in [0, 0.05) is 12.6 Å². The first kappa shape index (κ1) is 26.8. The van der Waals surface area contributed by atoms with Gasteiger partial charge in [0.1, 0.15) is 12.4 Å². The summed E-state index contributed by atoms with van der Waals surface area (Å²) in [4.78, 5) is 21.2. The number of aliphatic carboxylic acids is 1. The fourth-order valence-electron chi connectivity index (χ4n) is 2.20.